The van der Waals surface area contributed by atoms with Crippen molar-refractivity contribution in [1.82, 2.24) is 0 Å². The second kappa shape index (κ2) is 3.56. The summed E-state index contributed by atoms with van der Waals surface area (Å²) in [5.41, 5.74) is 0.348. The minimum atomic E-state index is -0.00909. The summed E-state index contributed by atoms with van der Waals surface area (Å²) < 4.78 is 5.40. The van der Waals surface area contributed by atoms with Crippen LogP contribution in [0, 0.1) is 23.2 Å². The molecule has 1 saturated heterocycles. The van der Waals surface area contributed by atoms with E-state index in [1.54, 1.807) is 6.92 Å². The molecule has 5 atom stereocenters. The van der Waals surface area contributed by atoms with Gasteiger partial charge in [-0.25, -0.2) is 0 Å². The lowest BCUT2D eigenvalue weighted by molar-refractivity contribution is -0.142. The molecule has 3 nitrogen and oxygen atoms in total. The summed E-state index contributed by atoms with van der Waals surface area (Å²) in [6, 6.07) is 0. The highest BCUT2D eigenvalue weighted by molar-refractivity contribution is 5.75. The average molecular weight is 236 g/mol. The molecular weight excluding hydrogens is 216 g/mol. The summed E-state index contributed by atoms with van der Waals surface area (Å²) in [6.07, 6.45) is 4.70. The normalized spacial score (nSPS) is 47.1. The van der Waals surface area contributed by atoms with Crippen LogP contribution in [0.15, 0.2) is 0 Å². The number of rotatable bonds is 3. The summed E-state index contributed by atoms with van der Waals surface area (Å²) >= 11 is 0. The molecule has 0 bridgehead atoms. The third-order valence-corrected chi connectivity index (χ3v) is 5.31. The molecular formula is C14H20O3. The first kappa shape index (κ1) is 11.2. The van der Waals surface area contributed by atoms with E-state index < -0.39 is 0 Å². The molecule has 1 heterocycles. The molecule has 94 valence electrons. The van der Waals surface area contributed by atoms with Crippen LogP contribution in [0.3, 0.4) is 0 Å². The maximum Gasteiger partial charge on any atom is 0.306 e. The second-order valence-corrected chi connectivity index (χ2v) is 6.39. The monoisotopic (exact) mass is 236 g/mol. The maximum atomic E-state index is 11.3. The van der Waals surface area contributed by atoms with Crippen LogP contribution in [-0.2, 0) is 14.3 Å². The molecule has 0 aromatic rings. The van der Waals surface area contributed by atoms with Gasteiger partial charge in [0.2, 0.25) is 0 Å². The first-order chi connectivity index (χ1) is 8.00. The lowest BCUT2D eigenvalue weighted by Crippen LogP contribution is -2.26. The van der Waals surface area contributed by atoms with E-state index in [2.05, 4.69) is 6.92 Å². The van der Waals surface area contributed by atoms with Crippen molar-refractivity contribution in [1.29, 1.82) is 0 Å². The molecule has 0 spiro atoms. The Kier molecular flexibility index (Phi) is 2.36. The number of carbonyl (C=O) groups excluding carboxylic acids is 2. The number of carbonyl (C=O) groups is 2. The van der Waals surface area contributed by atoms with Crippen molar-refractivity contribution in [3.8, 4) is 0 Å². The Morgan fingerprint density at radius 1 is 1.53 bits per heavy atom. The minimum Gasteiger partial charge on any atom is -0.462 e. The molecule has 2 saturated carbocycles. The molecule has 1 aliphatic heterocycles. The van der Waals surface area contributed by atoms with E-state index in [1.165, 1.54) is 0 Å². The van der Waals surface area contributed by atoms with Gasteiger partial charge < -0.3 is 9.53 Å². The average Bonchev–Trinajstić information content (AvgIpc) is 2.59. The van der Waals surface area contributed by atoms with Crippen molar-refractivity contribution < 1.29 is 14.3 Å². The van der Waals surface area contributed by atoms with Gasteiger partial charge in [0.05, 0.1) is 6.42 Å². The van der Waals surface area contributed by atoms with Crippen LogP contribution >= 0.6 is 0 Å². The largest absolute Gasteiger partial charge is 0.462 e. The first-order valence-electron chi connectivity index (χ1n) is 6.69. The van der Waals surface area contributed by atoms with E-state index >= 15 is 0 Å². The Balaban J connectivity index is 1.64. The Morgan fingerprint density at radius 2 is 2.29 bits per heavy atom. The highest BCUT2D eigenvalue weighted by Gasteiger charge is 2.65. The highest BCUT2D eigenvalue weighted by Crippen LogP contribution is 2.69. The van der Waals surface area contributed by atoms with E-state index in [0.717, 1.165) is 25.2 Å². The number of Topliss-reactive ketones (excluding diaryl/α,β-unsaturated/α-hetero) is 1. The number of ether oxygens (including phenoxy) is 1. The number of ketones is 1. The Hall–Kier alpha value is -0.860. The topological polar surface area (TPSA) is 43.4 Å². The van der Waals surface area contributed by atoms with Gasteiger partial charge in [0.1, 0.15) is 11.9 Å². The fourth-order valence-corrected chi connectivity index (χ4v) is 4.25. The van der Waals surface area contributed by atoms with Gasteiger partial charge in [0, 0.05) is 12.3 Å². The van der Waals surface area contributed by atoms with Crippen LogP contribution in [0.4, 0.5) is 0 Å². The van der Waals surface area contributed by atoms with Gasteiger partial charge in [0.25, 0.3) is 0 Å². The molecule has 3 rings (SSSR count). The molecule has 0 amide bonds. The van der Waals surface area contributed by atoms with Crippen molar-refractivity contribution in [3.05, 3.63) is 0 Å². The molecule has 3 heteroatoms. The van der Waals surface area contributed by atoms with Crippen LogP contribution in [-0.4, -0.2) is 17.9 Å². The van der Waals surface area contributed by atoms with Crippen LogP contribution in [0.2, 0.25) is 0 Å². The van der Waals surface area contributed by atoms with Crippen LogP contribution in [0.25, 0.3) is 0 Å². The van der Waals surface area contributed by atoms with Gasteiger partial charge >= 0.3 is 5.97 Å². The number of esters is 1. The first-order valence-corrected chi connectivity index (χ1v) is 6.69. The lowest BCUT2D eigenvalue weighted by atomic mass is 9.80. The summed E-state index contributed by atoms with van der Waals surface area (Å²) in [4.78, 5) is 22.3. The SMILES string of the molecule is CC(=O)CC[C@H]1[C@@H]2C[C@@H]3CC(=O)O[C@@H]3C[C@]12C. The zero-order valence-electron chi connectivity index (χ0n) is 10.6. The number of fused-ring (bicyclic) bond motifs is 2. The van der Waals surface area contributed by atoms with E-state index in [9.17, 15) is 9.59 Å². The summed E-state index contributed by atoms with van der Waals surface area (Å²) in [5.74, 6) is 2.17. The summed E-state index contributed by atoms with van der Waals surface area (Å²) in [7, 11) is 0. The molecule has 0 N–H and O–H groups in total. The highest BCUT2D eigenvalue weighted by atomic mass is 16.5. The quantitative estimate of drug-likeness (QED) is 0.706. The van der Waals surface area contributed by atoms with Gasteiger partial charge in [-0.3, -0.25) is 4.79 Å². The van der Waals surface area contributed by atoms with Crippen molar-refractivity contribution in [2.45, 2.75) is 52.1 Å². The number of hydrogen-bond donors (Lipinski definition) is 0. The Labute approximate surface area is 102 Å². The standard InChI is InChI=1S/C14H20O3/c1-8(15)3-4-10-11-5-9-6-13(16)17-12(9)7-14(10,11)2/h9-12H,3-7H2,1-2H3/t9-,10+,11+,12-,14-/m1/s1. The minimum absolute atomic E-state index is 0.00909. The molecule has 0 radical (unpaired) electrons. The molecule has 0 aromatic carbocycles. The lowest BCUT2D eigenvalue weighted by Gasteiger charge is -2.27. The van der Waals surface area contributed by atoms with Crippen LogP contribution in [0.5, 0.6) is 0 Å². The Morgan fingerprint density at radius 3 is 3.00 bits per heavy atom. The summed E-state index contributed by atoms with van der Waals surface area (Å²) in [5, 5.41) is 0. The van der Waals surface area contributed by atoms with Crippen molar-refractivity contribution >= 4 is 11.8 Å². The third-order valence-electron chi connectivity index (χ3n) is 5.31. The summed E-state index contributed by atoms with van der Waals surface area (Å²) in [6.45, 7) is 3.98. The maximum absolute atomic E-state index is 11.3. The predicted octanol–water partition coefficient (Wildman–Crippen LogP) is 2.33. The smallest absolute Gasteiger partial charge is 0.306 e. The third kappa shape index (κ3) is 1.71. The van der Waals surface area contributed by atoms with Gasteiger partial charge in [-0.1, -0.05) is 6.92 Å². The molecule has 2 aliphatic carbocycles. The second-order valence-electron chi connectivity index (χ2n) is 6.39. The van der Waals surface area contributed by atoms with Crippen LogP contribution in [0.1, 0.15) is 46.0 Å². The van der Waals surface area contributed by atoms with E-state index in [0.29, 0.717) is 35.9 Å². The van der Waals surface area contributed by atoms with Crippen LogP contribution < -0.4 is 0 Å². The van der Waals surface area contributed by atoms with E-state index in [-0.39, 0.29) is 12.1 Å². The molecule has 17 heavy (non-hydrogen) atoms. The van der Waals surface area contributed by atoms with Crippen molar-refractivity contribution in [2.75, 3.05) is 0 Å². The zero-order chi connectivity index (χ0) is 12.2. The predicted molar refractivity (Wildman–Crippen MR) is 62.2 cm³/mol. The van der Waals surface area contributed by atoms with Crippen molar-refractivity contribution in [3.63, 3.8) is 0 Å². The zero-order valence-corrected chi connectivity index (χ0v) is 10.6. The molecule has 3 aliphatic rings. The van der Waals surface area contributed by atoms with Gasteiger partial charge in [0.15, 0.2) is 0 Å². The molecule has 3 fully saturated rings. The Bertz CT molecular complexity index is 376. The van der Waals surface area contributed by atoms with E-state index in [4.69, 9.17) is 4.74 Å². The number of hydrogen-bond acceptors (Lipinski definition) is 3. The fraction of sp³-hybridized carbons (Fsp3) is 0.857. The molecule has 0 aromatic heterocycles. The van der Waals surface area contributed by atoms with E-state index in [1.807, 2.05) is 0 Å². The molecule has 0 unspecified atom stereocenters. The van der Waals surface area contributed by atoms with Gasteiger partial charge in [-0.05, 0) is 43.4 Å². The van der Waals surface area contributed by atoms with Gasteiger partial charge in [-0.15, -0.1) is 0 Å². The van der Waals surface area contributed by atoms with Crippen molar-refractivity contribution in [2.24, 2.45) is 23.2 Å². The van der Waals surface area contributed by atoms with Gasteiger partial charge in [-0.2, -0.15) is 0 Å². The fourth-order valence-electron chi connectivity index (χ4n) is 4.25.